The van der Waals surface area contributed by atoms with Gasteiger partial charge in [0.15, 0.2) is 0 Å². The summed E-state index contributed by atoms with van der Waals surface area (Å²) in [4.78, 5) is 16.6. The molecule has 0 radical (unpaired) electrons. The van der Waals surface area contributed by atoms with Crippen molar-refractivity contribution in [3.05, 3.63) is 0 Å². The van der Waals surface area contributed by atoms with Gasteiger partial charge in [0.25, 0.3) is 0 Å². The maximum atomic E-state index is 11.5. The normalized spacial score (nSPS) is 25.9. The lowest BCUT2D eigenvalue weighted by atomic mass is 10.1. The Labute approximate surface area is 102 Å². The van der Waals surface area contributed by atoms with Gasteiger partial charge in [-0.15, -0.1) is 0 Å². The molecule has 1 unspecified atom stereocenters. The van der Waals surface area contributed by atoms with Crippen molar-refractivity contribution in [1.29, 1.82) is 0 Å². The fourth-order valence-electron chi connectivity index (χ4n) is 2.61. The van der Waals surface area contributed by atoms with Crippen molar-refractivity contribution in [3.63, 3.8) is 0 Å². The fourth-order valence-corrected chi connectivity index (χ4v) is 2.75. The van der Waals surface area contributed by atoms with Gasteiger partial charge in [-0.1, -0.05) is 12.2 Å². The first-order chi connectivity index (χ1) is 7.66. The molecule has 0 spiro atoms. The van der Waals surface area contributed by atoms with Crippen LogP contribution in [0.2, 0.25) is 0 Å². The van der Waals surface area contributed by atoms with Gasteiger partial charge < -0.3 is 10.6 Å². The average Bonchev–Trinajstić information content (AvgIpc) is 2.60. The van der Waals surface area contributed by atoms with E-state index >= 15 is 0 Å². The number of thiocarbonyl (C=S) groups is 1. The second-order valence-corrected chi connectivity index (χ2v) is 5.17. The van der Waals surface area contributed by atoms with E-state index in [2.05, 4.69) is 4.90 Å². The largest absolute Gasteiger partial charge is 0.393 e. The van der Waals surface area contributed by atoms with Gasteiger partial charge in [0, 0.05) is 32.1 Å². The Morgan fingerprint density at radius 2 is 2.31 bits per heavy atom. The van der Waals surface area contributed by atoms with Crippen LogP contribution < -0.4 is 5.73 Å². The first-order valence-corrected chi connectivity index (χ1v) is 6.38. The molecule has 1 amide bonds. The summed E-state index contributed by atoms with van der Waals surface area (Å²) >= 11 is 4.86. The van der Waals surface area contributed by atoms with Gasteiger partial charge in [-0.25, -0.2) is 0 Å². The van der Waals surface area contributed by atoms with E-state index in [1.54, 1.807) is 0 Å². The van der Waals surface area contributed by atoms with Crippen molar-refractivity contribution in [1.82, 2.24) is 9.80 Å². The topological polar surface area (TPSA) is 49.6 Å². The Morgan fingerprint density at radius 3 is 3.06 bits per heavy atom. The summed E-state index contributed by atoms with van der Waals surface area (Å²) < 4.78 is 0. The summed E-state index contributed by atoms with van der Waals surface area (Å²) in [5, 5.41) is 0. The minimum atomic E-state index is 0.341. The van der Waals surface area contributed by atoms with Gasteiger partial charge in [-0.3, -0.25) is 9.69 Å². The Bertz CT molecular complexity index is 295. The molecule has 90 valence electrons. The Kier molecular flexibility index (Phi) is 3.76. The second-order valence-electron chi connectivity index (χ2n) is 4.65. The number of fused-ring (bicyclic) bond motifs is 1. The van der Waals surface area contributed by atoms with Crippen LogP contribution in [0.4, 0.5) is 0 Å². The van der Waals surface area contributed by atoms with E-state index in [4.69, 9.17) is 18.0 Å². The molecule has 1 atom stereocenters. The zero-order valence-electron chi connectivity index (χ0n) is 9.52. The van der Waals surface area contributed by atoms with Crippen LogP contribution in [0.5, 0.6) is 0 Å². The van der Waals surface area contributed by atoms with Gasteiger partial charge in [0.05, 0.1) is 4.99 Å². The summed E-state index contributed by atoms with van der Waals surface area (Å²) in [5.41, 5.74) is 5.47. The van der Waals surface area contributed by atoms with Crippen LogP contribution in [0.15, 0.2) is 0 Å². The number of carbonyl (C=O) groups is 1. The van der Waals surface area contributed by atoms with Crippen LogP contribution in [-0.4, -0.2) is 52.9 Å². The van der Waals surface area contributed by atoms with E-state index in [1.807, 2.05) is 4.90 Å². The van der Waals surface area contributed by atoms with E-state index < -0.39 is 0 Å². The molecular weight excluding hydrogens is 222 g/mol. The van der Waals surface area contributed by atoms with Crippen LogP contribution >= 0.6 is 12.2 Å². The summed E-state index contributed by atoms with van der Waals surface area (Å²) in [6, 6.07) is 0.464. The monoisotopic (exact) mass is 241 g/mol. The van der Waals surface area contributed by atoms with E-state index in [-0.39, 0.29) is 0 Å². The van der Waals surface area contributed by atoms with Gasteiger partial charge in [-0.05, 0) is 25.8 Å². The zero-order chi connectivity index (χ0) is 11.5. The molecule has 2 fully saturated rings. The fraction of sp³-hybridized carbons (Fsp3) is 0.818. The van der Waals surface area contributed by atoms with E-state index in [9.17, 15) is 4.79 Å². The van der Waals surface area contributed by atoms with Crippen LogP contribution in [0, 0.1) is 0 Å². The molecule has 2 heterocycles. The van der Waals surface area contributed by atoms with Crippen molar-refractivity contribution < 1.29 is 4.79 Å². The molecule has 0 bridgehead atoms. The quantitative estimate of drug-likeness (QED) is 0.722. The number of piperazine rings is 1. The first kappa shape index (κ1) is 11.8. The van der Waals surface area contributed by atoms with Gasteiger partial charge in [0.1, 0.15) is 0 Å². The predicted octanol–water partition coefficient (Wildman–Crippen LogP) is 0.359. The molecule has 0 aliphatic carbocycles. The van der Waals surface area contributed by atoms with E-state index in [0.717, 1.165) is 51.9 Å². The minimum absolute atomic E-state index is 0.341. The summed E-state index contributed by atoms with van der Waals surface area (Å²) in [7, 11) is 0. The smallest absolute Gasteiger partial charge is 0.222 e. The van der Waals surface area contributed by atoms with Crippen molar-refractivity contribution in [2.24, 2.45) is 5.73 Å². The Hall–Kier alpha value is -0.680. The molecule has 2 rings (SSSR count). The highest BCUT2D eigenvalue weighted by Gasteiger charge is 2.34. The molecule has 0 aromatic rings. The summed E-state index contributed by atoms with van der Waals surface area (Å²) in [5.74, 6) is 0.341. The van der Waals surface area contributed by atoms with E-state index in [1.165, 1.54) is 0 Å². The minimum Gasteiger partial charge on any atom is -0.393 e. The number of hydrogen-bond donors (Lipinski definition) is 1. The molecule has 16 heavy (non-hydrogen) atoms. The van der Waals surface area contributed by atoms with Gasteiger partial charge in [-0.2, -0.15) is 0 Å². The first-order valence-electron chi connectivity index (χ1n) is 5.97. The number of rotatable bonds is 4. The third kappa shape index (κ3) is 2.71. The highest BCUT2D eigenvalue weighted by molar-refractivity contribution is 7.80. The van der Waals surface area contributed by atoms with Gasteiger partial charge >= 0.3 is 0 Å². The van der Waals surface area contributed by atoms with Crippen LogP contribution in [0.3, 0.4) is 0 Å². The molecule has 4 nitrogen and oxygen atoms in total. The summed E-state index contributed by atoms with van der Waals surface area (Å²) in [6.45, 7) is 3.98. The number of hydrogen-bond acceptors (Lipinski definition) is 3. The molecule has 2 saturated heterocycles. The standard InChI is InChI=1S/C11H19N3OS/c12-10(16)2-1-5-13-6-7-14-9(8-13)3-4-11(14)15/h9H,1-8H2,(H2,12,16). The molecule has 2 N–H and O–H groups in total. The lowest BCUT2D eigenvalue weighted by Crippen LogP contribution is -2.51. The van der Waals surface area contributed by atoms with Crippen LogP contribution in [0.1, 0.15) is 25.7 Å². The number of amides is 1. The Morgan fingerprint density at radius 1 is 1.50 bits per heavy atom. The molecular formula is C11H19N3OS. The number of nitrogens with zero attached hydrogens (tertiary/aromatic N) is 2. The van der Waals surface area contributed by atoms with Crippen molar-refractivity contribution >= 4 is 23.1 Å². The average molecular weight is 241 g/mol. The maximum Gasteiger partial charge on any atom is 0.222 e. The second kappa shape index (κ2) is 5.10. The van der Waals surface area contributed by atoms with Crippen molar-refractivity contribution in [2.45, 2.75) is 31.7 Å². The molecule has 2 aliphatic rings. The molecule has 0 aromatic heterocycles. The van der Waals surface area contributed by atoms with Gasteiger partial charge in [0.2, 0.25) is 5.91 Å². The maximum absolute atomic E-state index is 11.5. The van der Waals surface area contributed by atoms with E-state index in [0.29, 0.717) is 16.9 Å². The highest BCUT2D eigenvalue weighted by atomic mass is 32.1. The van der Waals surface area contributed by atoms with Crippen molar-refractivity contribution in [2.75, 3.05) is 26.2 Å². The van der Waals surface area contributed by atoms with Crippen LogP contribution in [0.25, 0.3) is 0 Å². The van der Waals surface area contributed by atoms with Crippen molar-refractivity contribution in [3.8, 4) is 0 Å². The third-order valence-electron chi connectivity index (χ3n) is 3.48. The number of nitrogens with two attached hydrogens (primary N) is 1. The predicted molar refractivity (Wildman–Crippen MR) is 67.2 cm³/mol. The molecule has 2 aliphatic heterocycles. The SMILES string of the molecule is NC(=S)CCCN1CCN2C(=O)CCC2C1. The molecule has 0 saturated carbocycles. The number of carbonyl (C=O) groups excluding carboxylic acids is 1. The summed E-state index contributed by atoms with van der Waals surface area (Å²) in [6.07, 6.45) is 3.64. The molecule has 5 heteroatoms. The molecule has 0 aromatic carbocycles. The lowest BCUT2D eigenvalue weighted by molar-refractivity contribution is -0.130. The lowest BCUT2D eigenvalue weighted by Gasteiger charge is -2.37. The third-order valence-corrected chi connectivity index (χ3v) is 3.68. The highest BCUT2D eigenvalue weighted by Crippen LogP contribution is 2.22. The van der Waals surface area contributed by atoms with Crippen LogP contribution in [-0.2, 0) is 4.79 Å². The zero-order valence-corrected chi connectivity index (χ0v) is 10.3. The Balaban J connectivity index is 1.74.